The van der Waals surface area contributed by atoms with Crippen molar-refractivity contribution in [2.45, 2.75) is 19.7 Å². The summed E-state index contributed by atoms with van der Waals surface area (Å²) < 4.78 is 2.04. The molecule has 0 unspecified atom stereocenters. The van der Waals surface area contributed by atoms with Crippen LogP contribution in [0.15, 0.2) is 36.4 Å². The lowest BCUT2D eigenvalue weighted by molar-refractivity contribution is 0.167. The Hall–Kier alpha value is -1.89. The van der Waals surface area contributed by atoms with Crippen LogP contribution in [-0.4, -0.2) is 70.5 Å². The summed E-state index contributed by atoms with van der Waals surface area (Å²) in [4.78, 5) is 7.55. The third-order valence-corrected chi connectivity index (χ3v) is 5.32. The Morgan fingerprint density at radius 2 is 1.60 bits per heavy atom. The van der Waals surface area contributed by atoms with Crippen LogP contribution in [0, 0.1) is 0 Å². The Kier molecular flexibility index (Phi) is 5.01. The number of aliphatic hydroxyl groups is 1. The zero-order chi connectivity index (χ0) is 17.1. The Bertz CT molecular complexity index is 678. The molecule has 0 saturated carbocycles. The van der Waals surface area contributed by atoms with Gasteiger partial charge in [0, 0.05) is 58.0 Å². The van der Waals surface area contributed by atoms with E-state index < -0.39 is 0 Å². The summed E-state index contributed by atoms with van der Waals surface area (Å²) in [6.45, 7) is 9.66. The van der Waals surface area contributed by atoms with E-state index in [-0.39, 0.29) is 6.61 Å². The van der Waals surface area contributed by atoms with Crippen LogP contribution in [0.2, 0.25) is 0 Å². The first-order valence-corrected chi connectivity index (χ1v) is 9.23. The van der Waals surface area contributed by atoms with E-state index in [1.807, 2.05) is 10.7 Å². The van der Waals surface area contributed by atoms with Crippen LogP contribution in [0.3, 0.4) is 0 Å². The maximum absolute atomic E-state index is 9.23. The van der Waals surface area contributed by atoms with E-state index in [1.165, 1.54) is 11.4 Å². The number of aromatic nitrogens is 2. The molecule has 1 aromatic heterocycles. The highest BCUT2D eigenvalue weighted by molar-refractivity contribution is 5.46. The number of nitrogens with zero attached hydrogens (tertiary/aromatic N) is 5. The highest BCUT2D eigenvalue weighted by Gasteiger charge is 2.21. The predicted molar refractivity (Wildman–Crippen MR) is 98.5 cm³/mol. The minimum Gasteiger partial charge on any atom is -0.390 e. The van der Waals surface area contributed by atoms with Crippen LogP contribution in [0.5, 0.6) is 0 Å². The van der Waals surface area contributed by atoms with E-state index in [9.17, 15) is 5.11 Å². The average molecular weight is 341 g/mol. The van der Waals surface area contributed by atoms with Gasteiger partial charge in [-0.1, -0.05) is 18.2 Å². The number of anilines is 1. The zero-order valence-corrected chi connectivity index (χ0v) is 14.7. The molecule has 6 heteroatoms. The van der Waals surface area contributed by atoms with Crippen LogP contribution < -0.4 is 4.90 Å². The topological polar surface area (TPSA) is 47.8 Å². The van der Waals surface area contributed by atoms with Crippen molar-refractivity contribution >= 4 is 5.69 Å². The number of piperazine rings is 1. The first-order valence-electron chi connectivity index (χ1n) is 9.23. The maximum atomic E-state index is 9.23. The smallest absolute Gasteiger partial charge is 0.0882 e. The summed E-state index contributed by atoms with van der Waals surface area (Å²) in [7, 11) is 0. The average Bonchev–Trinajstić information content (AvgIpc) is 3.10. The molecule has 3 heterocycles. The Morgan fingerprint density at radius 3 is 2.36 bits per heavy atom. The largest absolute Gasteiger partial charge is 0.390 e. The summed E-state index contributed by atoms with van der Waals surface area (Å²) in [5.41, 5.74) is 3.35. The van der Waals surface area contributed by atoms with Gasteiger partial charge in [-0.2, -0.15) is 5.10 Å². The molecule has 0 spiro atoms. The van der Waals surface area contributed by atoms with Gasteiger partial charge in [0.25, 0.3) is 0 Å². The van der Waals surface area contributed by atoms with E-state index in [2.05, 4.69) is 50.1 Å². The normalized spacial score (nSPS) is 19.2. The first kappa shape index (κ1) is 16.6. The minimum atomic E-state index is 0.0334. The third kappa shape index (κ3) is 3.86. The van der Waals surface area contributed by atoms with Gasteiger partial charge < -0.3 is 10.0 Å². The second kappa shape index (κ2) is 7.56. The fourth-order valence-electron chi connectivity index (χ4n) is 3.80. The number of hydrogen-bond acceptors (Lipinski definition) is 5. The van der Waals surface area contributed by atoms with Crippen molar-refractivity contribution in [2.24, 2.45) is 0 Å². The van der Waals surface area contributed by atoms with Crippen LogP contribution in [0.1, 0.15) is 11.4 Å². The first-order chi connectivity index (χ1) is 12.3. The second-order valence-corrected chi connectivity index (χ2v) is 6.95. The van der Waals surface area contributed by atoms with E-state index >= 15 is 0 Å². The second-order valence-electron chi connectivity index (χ2n) is 6.95. The molecule has 0 bridgehead atoms. The molecule has 0 atom stereocenters. The number of hydrogen-bond donors (Lipinski definition) is 1. The standard InChI is InChI=1S/C19H27N5O/c25-16-17-14-19-15-22(10-13-24(19)20-17)7-6-21-8-11-23(12-9-21)18-4-2-1-3-5-18/h1-5,14,25H,6-13,15-16H2. The van der Waals surface area contributed by atoms with Gasteiger partial charge in [-0.25, -0.2) is 0 Å². The minimum absolute atomic E-state index is 0.0334. The Balaban J connectivity index is 1.23. The molecular formula is C19H27N5O. The van der Waals surface area contributed by atoms with Gasteiger partial charge >= 0.3 is 0 Å². The summed E-state index contributed by atoms with van der Waals surface area (Å²) in [5.74, 6) is 0. The number of para-hydroxylation sites is 1. The van der Waals surface area contributed by atoms with Crippen molar-refractivity contribution in [3.8, 4) is 0 Å². The fourth-order valence-corrected chi connectivity index (χ4v) is 3.80. The van der Waals surface area contributed by atoms with Crippen LogP contribution in [-0.2, 0) is 19.7 Å². The molecule has 2 aliphatic heterocycles. The molecule has 134 valence electrons. The molecule has 0 aliphatic carbocycles. The van der Waals surface area contributed by atoms with Crippen molar-refractivity contribution in [3.05, 3.63) is 47.8 Å². The highest BCUT2D eigenvalue weighted by Crippen LogP contribution is 2.16. The van der Waals surface area contributed by atoms with E-state index in [4.69, 9.17) is 0 Å². The summed E-state index contributed by atoms with van der Waals surface area (Å²) in [6, 6.07) is 12.7. The molecular weight excluding hydrogens is 314 g/mol. The monoisotopic (exact) mass is 341 g/mol. The molecule has 4 rings (SSSR count). The lowest BCUT2D eigenvalue weighted by atomic mass is 10.2. The van der Waals surface area contributed by atoms with Gasteiger partial charge in [0.1, 0.15) is 0 Å². The van der Waals surface area contributed by atoms with Crippen LogP contribution in [0.4, 0.5) is 5.69 Å². The summed E-state index contributed by atoms with van der Waals surface area (Å²) in [5, 5.41) is 13.6. The maximum Gasteiger partial charge on any atom is 0.0882 e. The van der Waals surface area contributed by atoms with Crippen molar-refractivity contribution < 1.29 is 5.11 Å². The summed E-state index contributed by atoms with van der Waals surface area (Å²) in [6.07, 6.45) is 0. The molecule has 1 aromatic carbocycles. The van der Waals surface area contributed by atoms with Crippen LogP contribution >= 0.6 is 0 Å². The van der Waals surface area contributed by atoms with Gasteiger partial charge in [-0.15, -0.1) is 0 Å². The number of aliphatic hydroxyl groups excluding tert-OH is 1. The zero-order valence-electron chi connectivity index (χ0n) is 14.7. The molecule has 25 heavy (non-hydrogen) atoms. The molecule has 1 saturated heterocycles. The number of rotatable bonds is 5. The van der Waals surface area contributed by atoms with Crippen molar-refractivity contribution in [1.29, 1.82) is 0 Å². The van der Waals surface area contributed by atoms with Crippen molar-refractivity contribution in [1.82, 2.24) is 19.6 Å². The third-order valence-electron chi connectivity index (χ3n) is 5.32. The van der Waals surface area contributed by atoms with Gasteiger partial charge in [0.2, 0.25) is 0 Å². The lowest BCUT2D eigenvalue weighted by Gasteiger charge is -2.37. The van der Waals surface area contributed by atoms with Crippen LogP contribution in [0.25, 0.3) is 0 Å². The molecule has 0 radical (unpaired) electrons. The fraction of sp³-hybridized carbons (Fsp3) is 0.526. The predicted octanol–water partition coefficient (Wildman–Crippen LogP) is 1.01. The quantitative estimate of drug-likeness (QED) is 0.880. The number of fused-ring (bicyclic) bond motifs is 1. The molecule has 1 fully saturated rings. The van der Waals surface area contributed by atoms with Gasteiger partial charge in [-0.3, -0.25) is 14.5 Å². The number of benzene rings is 1. The molecule has 1 N–H and O–H groups in total. The summed E-state index contributed by atoms with van der Waals surface area (Å²) >= 11 is 0. The van der Waals surface area contributed by atoms with E-state index in [1.54, 1.807) is 0 Å². The van der Waals surface area contributed by atoms with Gasteiger partial charge in [0.15, 0.2) is 0 Å². The molecule has 6 nitrogen and oxygen atoms in total. The highest BCUT2D eigenvalue weighted by atomic mass is 16.3. The van der Waals surface area contributed by atoms with E-state index in [0.29, 0.717) is 0 Å². The molecule has 0 amide bonds. The van der Waals surface area contributed by atoms with E-state index in [0.717, 1.165) is 64.6 Å². The van der Waals surface area contributed by atoms with Gasteiger partial charge in [0.05, 0.1) is 24.5 Å². The Labute approximate surface area is 149 Å². The van der Waals surface area contributed by atoms with Crippen molar-refractivity contribution in [2.75, 3.05) is 50.7 Å². The lowest BCUT2D eigenvalue weighted by Crippen LogP contribution is -2.49. The SMILES string of the molecule is OCc1cc2n(n1)CCN(CCN1CCN(c3ccccc3)CC1)C2. The molecule has 2 aliphatic rings. The van der Waals surface area contributed by atoms with Gasteiger partial charge in [-0.05, 0) is 18.2 Å². The Morgan fingerprint density at radius 1 is 0.880 bits per heavy atom. The van der Waals surface area contributed by atoms with Crippen molar-refractivity contribution in [3.63, 3.8) is 0 Å². The molecule has 2 aromatic rings.